The lowest BCUT2D eigenvalue weighted by molar-refractivity contribution is -0.152. The molecule has 1 atom stereocenters. The molecular formula is C21H23NO5. The van der Waals surface area contributed by atoms with Gasteiger partial charge in [0, 0.05) is 16.8 Å². The number of anilines is 1. The second-order valence-electron chi connectivity index (χ2n) is 6.25. The van der Waals surface area contributed by atoms with Crippen LogP contribution in [-0.4, -0.2) is 30.9 Å². The summed E-state index contributed by atoms with van der Waals surface area (Å²) in [5.41, 5.74) is 2.71. The van der Waals surface area contributed by atoms with Gasteiger partial charge >= 0.3 is 5.97 Å². The minimum Gasteiger partial charge on any atom is -0.496 e. The molecule has 0 aliphatic carbocycles. The SMILES string of the molecule is COc1ccc(C(C)=O)cc1CC(=O)O[C@@H](C)C(=O)Nc1ccc(C)cc1. The van der Waals surface area contributed by atoms with Crippen LogP contribution >= 0.6 is 0 Å². The molecule has 0 bridgehead atoms. The highest BCUT2D eigenvalue weighted by Crippen LogP contribution is 2.21. The molecule has 0 saturated heterocycles. The molecule has 2 rings (SSSR count). The van der Waals surface area contributed by atoms with E-state index in [-0.39, 0.29) is 12.2 Å². The number of hydrogen-bond donors (Lipinski definition) is 1. The number of carbonyl (C=O) groups excluding carboxylic acids is 3. The lowest BCUT2D eigenvalue weighted by Crippen LogP contribution is -2.30. The quantitative estimate of drug-likeness (QED) is 0.598. The number of rotatable bonds is 7. The van der Waals surface area contributed by atoms with E-state index in [4.69, 9.17) is 9.47 Å². The third-order valence-corrected chi connectivity index (χ3v) is 4.02. The second-order valence-corrected chi connectivity index (χ2v) is 6.25. The van der Waals surface area contributed by atoms with Crippen molar-refractivity contribution in [1.82, 2.24) is 0 Å². The number of benzene rings is 2. The number of hydrogen-bond acceptors (Lipinski definition) is 5. The van der Waals surface area contributed by atoms with E-state index < -0.39 is 18.0 Å². The average Bonchev–Trinajstić information content (AvgIpc) is 2.63. The molecule has 2 aromatic carbocycles. The Hall–Kier alpha value is -3.15. The number of carbonyl (C=O) groups is 3. The summed E-state index contributed by atoms with van der Waals surface area (Å²) in [7, 11) is 1.48. The topological polar surface area (TPSA) is 81.7 Å². The van der Waals surface area contributed by atoms with E-state index in [0.29, 0.717) is 22.6 Å². The summed E-state index contributed by atoms with van der Waals surface area (Å²) in [5.74, 6) is -0.635. The number of methoxy groups -OCH3 is 1. The van der Waals surface area contributed by atoms with Crippen LogP contribution in [0.3, 0.4) is 0 Å². The van der Waals surface area contributed by atoms with Crippen molar-refractivity contribution in [3.05, 3.63) is 59.2 Å². The summed E-state index contributed by atoms with van der Waals surface area (Å²) in [6.07, 6.45) is -1.06. The number of ether oxygens (including phenoxy) is 2. The molecule has 1 N–H and O–H groups in total. The molecular weight excluding hydrogens is 346 g/mol. The molecule has 0 aromatic heterocycles. The van der Waals surface area contributed by atoms with Gasteiger partial charge in [-0.15, -0.1) is 0 Å². The summed E-state index contributed by atoms with van der Waals surface area (Å²) < 4.78 is 10.4. The third kappa shape index (κ3) is 5.67. The molecule has 0 heterocycles. The molecule has 6 heteroatoms. The van der Waals surface area contributed by atoms with Crippen molar-refractivity contribution < 1.29 is 23.9 Å². The van der Waals surface area contributed by atoms with Crippen LogP contribution in [0.2, 0.25) is 0 Å². The van der Waals surface area contributed by atoms with Gasteiger partial charge in [-0.05, 0) is 51.1 Å². The maximum absolute atomic E-state index is 12.2. The van der Waals surface area contributed by atoms with Crippen LogP contribution in [0.5, 0.6) is 5.75 Å². The van der Waals surface area contributed by atoms with E-state index in [1.807, 2.05) is 19.1 Å². The fourth-order valence-electron chi connectivity index (χ4n) is 2.46. The molecule has 0 fully saturated rings. The van der Waals surface area contributed by atoms with E-state index in [0.717, 1.165) is 5.56 Å². The third-order valence-electron chi connectivity index (χ3n) is 4.02. The zero-order valence-electron chi connectivity index (χ0n) is 15.9. The molecule has 142 valence electrons. The van der Waals surface area contributed by atoms with Crippen LogP contribution in [-0.2, 0) is 20.7 Å². The van der Waals surface area contributed by atoms with Gasteiger partial charge in [-0.25, -0.2) is 0 Å². The van der Waals surface area contributed by atoms with Gasteiger partial charge in [-0.1, -0.05) is 17.7 Å². The maximum atomic E-state index is 12.2. The molecule has 0 aliphatic rings. The smallest absolute Gasteiger partial charge is 0.311 e. The number of amides is 1. The molecule has 1 amide bonds. The number of aryl methyl sites for hydroxylation is 1. The molecule has 0 unspecified atom stereocenters. The predicted molar refractivity (Wildman–Crippen MR) is 102 cm³/mol. The Morgan fingerprint density at radius 3 is 2.33 bits per heavy atom. The number of Topliss-reactive ketones (excluding diaryl/α,β-unsaturated/α-hetero) is 1. The van der Waals surface area contributed by atoms with E-state index in [9.17, 15) is 14.4 Å². The summed E-state index contributed by atoms with van der Waals surface area (Å²) >= 11 is 0. The van der Waals surface area contributed by atoms with E-state index in [1.165, 1.54) is 21.0 Å². The fraction of sp³-hybridized carbons (Fsp3) is 0.286. The molecule has 0 radical (unpaired) electrons. The zero-order chi connectivity index (χ0) is 20.0. The Kier molecular flexibility index (Phi) is 6.71. The first-order valence-electron chi connectivity index (χ1n) is 8.55. The van der Waals surface area contributed by atoms with Crippen LogP contribution in [0.15, 0.2) is 42.5 Å². The van der Waals surface area contributed by atoms with Gasteiger partial charge in [-0.2, -0.15) is 0 Å². The van der Waals surface area contributed by atoms with Crippen molar-refractivity contribution in [1.29, 1.82) is 0 Å². The standard InChI is InChI=1S/C21H23NO5/c1-13-5-8-18(9-6-13)22-21(25)15(3)27-20(24)12-17-11-16(14(2)23)7-10-19(17)26-4/h5-11,15H,12H2,1-4H3,(H,22,25)/t15-/m0/s1. The molecule has 0 saturated carbocycles. The van der Waals surface area contributed by atoms with Gasteiger partial charge in [0.15, 0.2) is 11.9 Å². The number of esters is 1. The zero-order valence-corrected chi connectivity index (χ0v) is 15.9. The second kappa shape index (κ2) is 8.98. The van der Waals surface area contributed by atoms with E-state index in [1.54, 1.807) is 30.3 Å². The monoisotopic (exact) mass is 369 g/mol. The highest BCUT2D eigenvalue weighted by Gasteiger charge is 2.19. The van der Waals surface area contributed by atoms with Crippen LogP contribution < -0.4 is 10.1 Å². The Morgan fingerprint density at radius 2 is 1.74 bits per heavy atom. The predicted octanol–water partition coefficient (Wildman–Crippen LogP) is 3.32. The normalized spacial score (nSPS) is 11.4. The van der Waals surface area contributed by atoms with Crippen molar-refractivity contribution in [2.75, 3.05) is 12.4 Å². The number of ketones is 1. The lowest BCUT2D eigenvalue weighted by atomic mass is 10.0. The van der Waals surface area contributed by atoms with Crippen molar-refractivity contribution in [2.45, 2.75) is 33.3 Å². The van der Waals surface area contributed by atoms with Crippen LogP contribution in [0, 0.1) is 6.92 Å². The highest BCUT2D eigenvalue weighted by atomic mass is 16.5. The van der Waals surface area contributed by atoms with Gasteiger partial charge in [0.2, 0.25) is 0 Å². The molecule has 27 heavy (non-hydrogen) atoms. The van der Waals surface area contributed by atoms with Crippen molar-refractivity contribution in [3.8, 4) is 5.75 Å². The maximum Gasteiger partial charge on any atom is 0.311 e. The highest BCUT2D eigenvalue weighted by molar-refractivity contribution is 5.96. The largest absolute Gasteiger partial charge is 0.496 e. The van der Waals surface area contributed by atoms with Crippen molar-refractivity contribution >= 4 is 23.3 Å². The van der Waals surface area contributed by atoms with Crippen LogP contribution in [0.1, 0.15) is 35.3 Å². The van der Waals surface area contributed by atoms with Gasteiger partial charge in [0.1, 0.15) is 5.75 Å². The average molecular weight is 369 g/mol. The van der Waals surface area contributed by atoms with Gasteiger partial charge in [-0.3, -0.25) is 14.4 Å². The van der Waals surface area contributed by atoms with Crippen LogP contribution in [0.25, 0.3) is 0 Å². The number of nitrogens with one attached hydrogen (secondary N) is 1. The lowest BCUT2D eigenvalue weighted by Gasteiger charge is -2.15. The van der Waals surface area contributed by atoms with Crippen molar-refractivity contribution in [2.24, 2.45) is 0 Å². The first-order chi connectivity index (χ1) is 12.8. The summed E-state index contributed by atoms with van der Waals surface area (Å²) in [6.45, 7) is 4.90. The summed E-state index contributed by atoms with van der Waals surface area (Å²) in [4.78, 5) is 36.0. The summed E-state index contributed by atoms with van der Waals surface area (Å²) in [6, 6.07) is 12.2. The minimum absolute atomic E-state index is 0.105. The first-order valence-corrected chi connectivity index (χ1v) is 8.55. The Balaban J connectivity index is 2.00. The Bertz CT molecular complexity index is 842. The fourth-order valence-corrected chi connectivity index (χ4v) is 2.46. The van der Waals surface area contributed by atoms with Gasteiger partial charge in [0.05, 0.1) is 13.5 Å². The minimum atomic E-state index is -0.958. The van der Waals surface area contributed by atoms with Gasteiger partial charge < -0.3 is 14.8 Å². The molecule has 0 spiro atoms. The molecule has 0 aliphatic heterocycles. The van der Waals surface area contributed by atoms with Gasteiger partial charge in [0.25, 0.3) is 5.91 Å². The van der Waals surface area contributed by atoms with Crippen LogP contribution in [0.4, 0.5) is 5.69 Å². The molecule has 2 aromatic rings. The van der Waals surface area contributed by atoms with E-state index >= 15 is 0 Å². The first kappa shape index (κ1) is 20.2. The van der Waals surface area contributed by atoms with Crippen molar-refractivity contribution in [3.63, 3.8) is 0 Å². The summed E-state index contributed by atoms with van der Waals surface area (Å²) in [5, 5.41) is 2.70. The Morgan fingerprint density at radius 1 is 1.07 bits per heavy atom. The molecule has 6 nitrogen and oxygen atoms in total. The van der Waals surface area contributed by atoms with E-state index in [2.05, 4.69) is 5.32 Å². The Labute approximate surface area is 158 Å².